The number of hydrogen-bond acceptors (Lipinski definition) is 5. The van der Waals surface area contributed by atoms with E-state index in [0.717, 1.165) is 5.56 Å². The second-order valence-corrected chi connectivity index (χ2v) is 5.46. The highest BCUT2D eigenvalue weighted by atomic mass is 16.5. The molecule has 7 heteroatoms. The van der Waals surface area contributed by atoms with E-state index < -0.39 is 11.9 Å². The van der Waals surface area contributed by atoms with Crippen LogP contribution >= 0.6 is 0 Å². The van der Waals surface area contributed by atoms with Gasteiger partial charge >= 0.3 is 5.97 Å². The molecule has 3 rings (SSSR count). The molecule has 1 amide bonds. The molecule has 0 radical (unpaired) electrons. The van der Waals surface area contributed by atoms with Gasteiger partial charge in [-0.1, -0.05) is 24.2 Å². The molecule has 1 aliphatic rings. The first-order valence-electron chi connectivity index (χ1n) is 6.95. The van der Waals surface area contributed by atoms with Crippen molar-refractivity contribution in [2.75, 3.05) is 13.1 Å². The van der Waals surface area contributed by atoms with Crippen LogP contribution in [0.5, 0.6) is 0 Å². The van der Waals surface area contributed by atoms with E-state index in [-0.39, 0.29) is 18.4 Å². The van der Waals surface area contributed by atoms with Gasteiger partial charge in [0.15, 0.2) is 0 Å². The molecule has 1 aromatic carbocycles. The molecule has 1 fully saturated rings. The molecule has 1 aliphatic heterocycles. The largest absolute Gasteiger partial charge is 0.481 e. The number of carbonyl (C=O) groups excluding carboxylic acids is 1. The lowest BCUT2D eigenvalue weighted by Gasteiger charge is -2.16. The number of carboxylic acids is 1. The molecule has 2 heterocycles. The topological polar surface area (TPSA) is 96.5 Å². The second-order valence-electron chi connectivity index (χ2n) is 5.46. The van der Waals surface area contributed by atoms with Gasteiger partial charge < -0.3 is 14.5 Å². The number of benzene rings is 1. The van der Waals surface area contributed by atoms with Gasteiger partial charge in [0.1, 0.15) is 0 Å². The summed E-state index contributed by atoms with van der Waals surface area (Å²) in [4.78, 5) is 29.1. The van der Waals surface area contributed by atoms with Crippen molar-refractivity contribution < 1.29 is 19.2 Å². The van der Waals surface area contributed by atoms with Crippen LogP contribution in [0.2, 0.25) is 0 Å². The van der Waals surface area contributed by atoms with E-state index in [1.54, 1.807) is 29.2 Å². The highest BCUT2D eigenvalue weighted by Crippen LogP contribution is 2.25. The zero-order valence-electron chi connectivity index (χ0n) is 12.0. The molecule has 1 saturated heterocycles. The van der Waals surface area contributed by atoms with Crippen molar-refractivity contribution in [3.8, 4) is 11.4 Å². The van der Waals surface area contributed by atoms with Gasteiger partial charge in [-0.05, 0) is 18.1 Å². The summed E-state index contributed by atoms with van der Waals surface area (Å²) in [7, 11) is 0. The van der Waals surface area contributed by atoms with Gasteiger partial charge in [0.05, 0.1) is 5.92 Å². The average molecular weight is 301 g/mol. The lowest BCUT2D eigenvalue weighted by molar-refractivity contribution is -0.142. The number of likely N-dealkylation sites (tertiary alicyclic amines) is 1. The van der Waals surface area contributed by atoms with Crippen LogP contribution in [0, 0.1) is 11.8 Å². The van der Waals surface area contributed by atoms with Crippen LogP contribution in [0.15, 0.2) is 35.2 Å². The lowest BCUT2D eigenvalue weighted by atomic mass is 9.99. The summed E-state index contributed by atoms with van der Waals surface area (Å²) in [5, 5.41) is 12.9. The molecule has 114 valence electrons. The molecule has 0 unspecified atom stereocenters. The number of carboxylic acid groups (broad SMARTS) is 1. The Morgan fingerprint density at radius 1 is 1.27 bits per heavy atom. The smallest absolute Gasteiger partial charge is 0.308 e. The summed E-state index contributed by atoms with van der Waals surface area (Å²) in [5.41, 5.74) is 1.27. The Morgan fingerprint density at radius 2 is 2.00 bits per heavy atom. The molecule has 0 spiro atoms. The maximum atomic E-state index is 12.4. The van der Waals surface area contributed by atoms with Gasteiger partial charge in [-0.15, -0.1) is 0 Å². The SMILES string of the molecule is C[C@@H]1CN(C(=O)c2ccc(-c3ncon3)cc2)C[C@H]1C(=O)O. The van der Waals surface area contributed by atoms with Gasteiger partial charge in [0, 0.05) is 24.2 Å². The predicted octanol–water partition coefficient (Wildman–Crippen LogP) is 1.53. The molecule has 1 aromatic heterocycles. The van der Waals surface area contributed by atoms with Crippen LogP contribution in [0.25, 0.3) is 11.4 Å². The second kappa shape index (κ2) is 5.59. The predicted molar refractivity (Wildman–Crippen MR) is 75.9 cm³/mol. The summed E-state index contributed by atoms with van der Waals surface area (Å²) in [6.07, 6.45) is 1.24. The first kappa shape index (κ1) is 14.2. The Bertz CT molecular complexity index is 681. The van der Waals surface area contributed by atoms with E-state index in [9.17, 15) is 9.59 Å². The van der Waals surface area contributed by atoms with E-state index in [0.29, 0.717) is 17.9 Å². The molecule has 22 heavy (non-hydrogen) atoms. The molecular formula is C15H15N3O4. The fourth-order valence-corrected chi connectivity index (χ4v) is 2.70. The number of rotatable bonds is 3. The molecule has 0 bridgehead atoms. The average Bonchev–Trinajstić information content (AvgIpc) is 3.16. The Morgan fingerprint density at radius 3 is 2.55 bits per heavy atom. The van der Waals surface area contributed by atoms with E-state index in [1.165, 1.54) is 6.39 Å². The van der Waals surface area contributed by atoms with Crippen molar-refractivity contribution >= 4 is 11.9 Å². The summed E-state index contributed by atoms with van der Waals surface area (Å²) in [6.45, 7) is 2.57. The zero-order chi connectivity index (χ0) is 15.7. The van der Waals surface area contributed by atoms with Crippen molar-refractivity contribution in [2.45, 2.75) is 6.92 Å². The Labute approximate surface area is 126 Å². The fourth-order valence-electron chi connectivity index (χ4n) is 2.70. The van der Waals surface area contributed by atoms with E-state index >= 15 is 0 Å². The molecule has 0 aliphatic carbocycles. The van der Waals surface area contributed by atoms with Crippen LogP contribution in [0.3, 0.4) is 0 Å². The first-order valence-corrected chi connectivity index (χ1v) is 6.95. The van der Waals surface area contributed by atoms with Gasteiger partial charge in [-0.25, -0.2) is 0 Å². The van der Waals surface area contributed by atoms with Gasteiger partial charge in [0.2, 0.25) is 12.2 Å². The molecule has 2 atom stereocenters. The van der Waals surface area contributed by atoms with Crippen molar-refractivity contribution in [3.63, 3.8) is 0 Å². The van der Waals surface area contributed by atoms with Crippen molar-refractivity contribution in [2.24, 2.45) is 11.8 Å². The Kier molecular flexibility index (Phi) is 3.62. The lowest BCUT2D eigenvalue weighted by Crippen LogP contribution is -2.29. The molecule has 2 aromatic rings. The van der Waals surface area contributed by atoms with Crippen LogP contribution in [0.4, 0.5) is 0 Å². The molecule has 1 N–H and O–H groups in total. The number of aliphatic carboxylic acids is 1. The standard InChI is InChI=1S/C15H15N3O4/c1-9-6-18(7-12(9)15(20)21)14(19)11-4-2-10(3-5-11)13-16-8-22-17-13/h2-5,8-9,12H,6-7H2,1H3,(H,20,21)/t9-,12-/m1/s1. The Hall–Kier alpha value is -2.70. The van der Waals surface area contributed by atoms with E-state index in [4.69, 9.17) is 5.11 Å². The van der Waals surface area contributed by atoms with Crippen molar-refractivity contribution in [1.82, 2.24) is 15.0 Å². The number of hydrogen-bond donors (Lipinski definition) is 1. The number of amides is 1. The summed E-state index contributed by atoms with van der Waals surface area (Å²) in [6, 6.07) is 6.86. The fraction of sp³-hybridized carbons (Fsp3) is 0.333. The number of carbonyl (C=O) groups is 2. The molecule has 7 nitrogen and oxygen atoms in total. The molecular weight excluding hydrogens is 286 g/mol. The quantitative estimate of drug-likeness (QED) is 0.923. The monoisotopic (exact) mass is 301 g/mol. The zero-order valence-corrected chi connectivity index (χ0v) is 12.0. The minimum atomic E-state index is -0.852. The van der Waals surface area contributed by atoms with Crippen LogP contribution in [-0.2, 0) is 4.79 Å². The number of aromatic nitrogens is 2. The maximum Gasteiger partial charge on any atom is 0.308 e. The summed E-state index contributed by atoms with van der Waals surface area (Å²) in [5.74, 6) is -1.09. The van der Waals surface area contributed by atoms with Gasteiger partial charge in [-0.2, -0.15) is 4.98 Å². The van der Waals surface area contributed by atoms with Gasteiger partial charge in [0.25, 0.3) is 5.91 Å². The minimum absolute atomic E-state index is 0.0416. The van der Waals surface area contributed by atoms with E-state index in [1.807, 2.05) is 6.92 Å². The van der Waals surface area contributed by atoms with Gasteiger partial charge in [-0.3, -0.25) is 9.59 Å². The maximum absolute atomic E-state index is 12.4. The van der Waals surface area contributed by atoms with Crippen molar-refractivity contribution in [3.05, 3.63) is 36.2 Å². The third-order valence-electron chi connectivity index (χ3n) is 3.97. The first-order chi connectivity index (χ1) is 10.6. The minimum Gasteiger partial charge on any atom is -0.481 e. The van der Waals surface area contributed by atoms with Crippen molar-refractivity contribution in [1.29, 1.82) is 0 Å². The highest BCUT2D eigenvalue weighted by Gasteiger charge is 2.37. The summed E-state index contributed by atoms with van der Waals surface area (Å²) >= 11 is 0. The summed E-state index contributed by atoms with van der Waals surface area (Å²) < 4.78 is 4.68. The van der Waals surface area contributed by atoms with E-state index in [2.05, 4.69) is 14.7 Å². The van der Waals surface area contributed by atoms with Crippen LogP contribution < -0.4 is 0 Å². The Balaban J connectivity index is 1.74. The third kappa shape index (κ3) is 2.57. The number of nitrogens with zero attached hydrogens (tertiary/aromatic N) is 3. The highest BCUT2D eigenvalue weighted by molar-refractivity contribution is 5.95. The molecule has 0 saturated carbocycles. The van der Waals surface area contributed by atoms with Crippen LogP contribution in [0.1, 0.15) is 17.3 Å². The normalized spacial score (nSPS) is 21.0. The third-order valence-corrected chi connectivity index (χ3v) is 3.97. The van der Waals surface area contributed by atoms with Crippen LogP contribution in [-0.4, -0.2) is 45.1 Å².